The molecule has 2 unspecified atom stereocenters. The molecule has 0 radical (unpaired) electrons. The highest BCUT2D eigenvalue weighted by atomic mass is 16.3. The van der Waals surface area contributed by atoms with Crippen LogP contribution >= 0.6 is 0 Å². The largest absolute Gasteiger partial charge is 0.393 e. The molecule has 0 saturated heterocycles. The molecule has 2 saturated carbocycles. The van der Waals surface area contributed by atoms with Crippen molar-refractivity contribution in [1.29, 1.82) is 0 Å². The van der Waals surface area contributed by atoms with Gasteiger partial charge in [-0.3, -0.25) is 4.90 Å². The topological polar surface area (TPSA) is 23.5 Å². The van der Waals surface area contributed by atoms with Crippen LogP contribution in [0.5, 0.6) is 0 Å². The molecule has 2 atom stereocenters. The first-order valence-electron chi connectivity index (χ1n) is 7.79. The van der Waals surface area contributed by atoms with E-state index in [2.05, 4.69) is 32.6 Å². The zero-order chi connectivity index (χ0) is 13.3. The van der Waals surface area contributed by atoms with Crippen LogP contribution in [0.25, 0.3) is 0 Å². The Morgan fingerprint density at radius 1 is 1.22 bits per heavy atom. The van der Waals surface area contributed by atoms with E-state index in [4.69, 9.17) is 0 Å². The van der Waals surface area contributed by atoms with E-state index in [1.165, 1.54) is 32.2 Å². The quantitative estimate of drug-likeness (QED) is 0.812. The van der Waals surface area contributed by atoms with E-state index in [-0.39, 0.29) is 6.10 Å². The van der Waals surface area contributed by atoms with Gasteiger partial charge >= 0.3 is 0 Å². The van der Waals surface area contributed by atoms with Crippen LogP contribution in [0.2, 0.25) is 0 Å². The molecule has 0 bridgehead atoms. The molecule has 0 amide bonds. The van der Waals surface area contributed by atoms with Crippen molar-refractivity contribution >= 4 is 0 Å². The van der Waals surface area contributed by atoms with Gasteiger partial charge in [-0.2, -0.15) is 0 Å². The number of hydrogen-bond donors (Lipinski definition) is 1. The maximum atomic E-state index is 10.3. The van der Waals surface area contributed by atoms with E-state index < -0.39 is 0 Å². The van der Waals surface area contributed by atoms with Gasteiger partial charge in [0.15, 0.2) is 0 Å². The van der Waals surface area contributed by atoms with Crippen LogP contribution < -0.4 is 0 Å². The number of hydrogen-bond acceptors (Lipinski definition) is 2. The third-order valence-electron chi connectivity index (χ3n) is 4.61. The second kappa shape index (κ2) is 5.50. The Bertz CT molecular complexity index is 270. The number of nitrogens with zero attached hydrogens (tertiary/aromatic N) is 1. The van der Waals surface area contributed by atoms with Crippen LogP contribution in [0.3, 0.4) is 0 Å². The third-order valence-corrected chi connectivity index (χ3v) is 4.61. The van der Waals surface area contributed by atoms with Gasteiger partial charge in [0.05, 0.1) is 6.10 Å². The van der Waals surface area contributed by atoms with Crippen molar-refractivity contribution < 1.29 is 5.11 Å². The van der Waals surface area contributed by atoms with Gasteiger partial charge in [-0.1, -0.05) is 27.7 Å². The fraction of sp³-hybridized carbons (Fsp3) is 1.00. The molecule has 2 rings (SSSR count). The monoisotopic (exact) mass is 253 g/mol. The molecule has 0 aliphatic heterocycles. The van der Waals surface area contributed by atoms with Gasteiger partial charge in [-0.25, -0.2) is 0 Å². The lowest BCUT2D eigenvalue weighted by Crippen LogP contribution is -2.43. The summed E-state index contributed by atoms with van der Waals surface area (Å²) in [5.41, 5.74) is 0.428. The van der Waals surface area contributed by atoms with Crippen molar-refractivity contribution in [1.82, 2.24) is 4.90 Å². The second-order valence-electron chi connectivity index (χ2n) is 7.81. The fourth-order valence-electron chi connectivity index (χ4n) is 3.49. The minimum Gasteiger partial charge on any atom is -0.393 e. The zero-order valence-electron chi connectivity index (χ0n) is 12.7. The van der Waals surface area contributed by atoms with Crippen LogP contribution in [0, 0.1) is 17.3 Å². The molecule has 2 nitrogen and oxygen atoms in total. The summed E-state index contributed by atoms with van der Waals surface area (Å²) >= 11 is 0. The Labute approximate surface area is 113 Å². The Morgan fingerprint density at radius 2 is 1.89 bits per heavy atom. The molecule has 2 heteroatoms. The summed E-state index contributed by atoms with van der Waals surface area (Å²) in [5.74, 6) is 1.23. The molecular weight excluding hydrogens is 222 g/mol. The van der Waals surface area contributed by atoms with Crippen LogP contribution in [-0.4, -0.2) is 35.2 Å². The summed E-state index contributed by atoms with van der Waals surface area (Å²) in [4.78, 5) is 2.65. The standard InChI is InChI=1S/C16H31NO/c1-12(2)10-17(14-5-6-14)11-13-9-16(3,4)8-7-15(13)18/h12-15,18H,5-11H2,1-4H3. The molecule has 18 heavy (non-hydrogen) atoms. The maximum Gasteiger partial charge on any atom is 0.0581 e. The predicted molar refractivity (Wildman–Crippen MR) is 76.6 cm³/mol. The van der Waals surface area contributed by atoms with E-state index in [9.17, 15) is 5.11 Å². The molecule has 2 fully saturated rings. The SMILES string of the molecule is CC(C)CN(CC1CC(C)(C)CCC1O)C1CC1. The Balaban J connectivity index is 1.92. The Hall–Kier alpha value is -0.0800. The molecule has 0 aromatic carbocycles. The summed E-state index contributed by atoms with van der Waals surface area (Å²) in [7, 11) is 0. The van der Waals surface area contributed by atoms with Crippen molar-refractivity contribution in [3.05, 3.63) is 0 Å². The van der Waals surface area contributed by atoms with E-state index in [1.54, 1.807) is 0 Å². The zero-order valence-corrected chi connectivity index (χ0v) is 12.7. The molecule has 2 aliphatic carbocycles. The van der Waals surface area contributed by atoms with Gasteiger partial charge in [0, 0.05) is 19.1 Å². The second-order valence-corrected chi connectivity index (χ2v) is 7.81. The molecule has 0 heterocycles. The van der Waals surface area contributed by atoms with Crippen LogP contribution in [0.4, 0.5) is 0 Å². The Kier molecular flexibility index (Phi) is 4.38. The van der Waals surface area contributed by atoms with Crippen LogP contribution in [0.15, 0.2) is 0 Å². The van der Waals surface area contributed by atoms with Gasteiger partial charge in [0.25, 0.3) is 0 Å². The summed E-state index contributed by atoms with van der Waals surface area (Å²) in [6.07, 6.45) is 6.05. The average Bonchev–Trinajstić information content (AvgIpc) is 3.05. The van der Waals surface area contributed by atoms with Crippen molar-refractivity contribution in [2.24, 2.45) is 17.3 Å². The minimum absolute atomic E-state index is 0.0635. The number of aliphatic hydroxyl groups is 1. The number of rotatable bonds is 5. The first-order chi connectivity index (χ1) is 8.37. The van der Waals surface area contributed by atoms with E-state index in [0.717, 1.165) is 24.9 Å². The number of aliphatic hydroxyl groups excluding tert-OH is 1. The van der Waals surface area contributed by atoms with E-state index in [0.29, 0.717) is 11.3 Å². The van der Waals surface area contributed by atoms with Crippen molar-refractivity contribution in [2.45, 2.75) is 71.9 Å². The van der Waals surface area contributed by atoms with Gasteiger partial charge in [-0.05, 0) is 49.4 Å². The summed E-state index contributed by atoms with van der Waals surface area (Å²) in [6, 6.07) is 0.824. The molecule has 1 N–H and O–H groups in total. The highest BCUT2D eigenvalue weighted by Crippen LogP contribution is 2.40. The molecule has 106 valence electrons. The van der Waals surface area contributed by atoms with Crippen molar-refractivity contribution in [3.8, 4) is 0 Å². The van der Waals surface area contributed by atoms with E-state index >= 15 is 0 Å². The maximum absolute atomic E-state index is 10.3. The molecular formula is C16H31NO. The molecule has 0 spiro atoms. The minimum atomic E-state index is -0.0635. The van der Waals surface area contributed by atoms with Crippen LogP contribution in [-0.2, 0) is 0 Å². The summed E-state index contributed by atoms with van der Waals surface area (Å²) in [6.45, 7) is 11.6. The summed E-state index contributed by atoms with van der Waals surface area (Å²) < 4.78 is 0. The molecule has 0 aromatic heterocycles. The summed E-state index contributed by atoms with van der Waals surface area (Å²) in [5, 5.41) is 10.3. The lowest BCUT2D eigenvalue weighted by Gasteiger charge is -2.41. The normalized spacial score (nSPS) is 32.2. The average molecular weight is 253 g/mol. The van der Waals surface area contributed by atoms with Gasteiger partial charge < -0.3 is 5.11 Å². The third kappa shape index (κ3) is 3.96. The Morgan fingerprint density at radius 3 is 2.44 bits per heavy atom. The van der Waals surface area contributed by atoms with Gasteiger partial charge in [-0.15, -0.1) is 0 Å². The highest BCUT2D eigenvalue weighted by Gasteiger charge is 2.37. The first kappa shape index (κ1) is 14.3. The van der Waals surface area contributed by atoms with Gasteiger partial charge in [0.2, 0.25) is 0 Å². The smallest absolute Gasteiger partial charge is 0.0581 e. The van der Waals surface area contributed by atoms with Crippen molar-refractivity contribution in [2.75, 3.05) is 13.1 Å². The lowest BCUT2D eigenvalue weighted by molar-refractivity contribution is 0.00127. The highest BCUT2D eigenvalue weighted by molar-refractivity contribution is 4.91. The van der Waals surface area contributed by atoms with Crippen LogP contribution in [0.1, 0.15) is 59.8 Å². The van der Waals surface area contributed by atoms with Gasteiger partial charge in [0.1, 0.15) is 0 Å². The molecule has 0 aromatic rings. The van der Waals surface area contributed by atoms with Crippen molar-refractivity contribution in [3.63, 3.8) is 0 Å². The van der Waals surface area contributed by atoms with E-state index in [1.807, 2.05) is 0 Å². The fourth-order valence-corrected chi connectivity index (χ4v) is 3.49. The molecule has 2 aliphatic rings. The predicted octanol–water partition coefficient (Wildman–Crippen LogP) is 3.29. The first-order valence-corrected chi connectivity index (χ1v) is 7.79. The lowest BCUT2D eigenvalue weighted by atomic mass is 9.70.